The average Bonchev–Trinajstić information content (AvgIpc) is 2.84. The van der Waals surface area contributed by atoms with E-state index in [4.69, 9.17) is 9.47 Å². The molecule has 0 aromatic carbocycles. The van der Waals surface area contributed by atoms with E-state index >= 15 is 0 Å². The molecule has 4 aliphatic rings. The minimum absolute atomic E-state index is 0.658. The van der Waals surface area contributed by atoms with Gasteiger partial charge in [0.25, 0.3) is 0 Å². The van der Waals surface area contributed by atoms with Gasteiger partial charge in [0.2, 0.25) is 0 Å². The Labute approximate surface area is 208 Å². The summed E-state index contributed by atoms with van der Waals surface area (Å²) in [6.45, 7) is 18.3. The molecule has 0 saturated carbocycles. The number of likely N-dealkylation sites (N-methyl/N-ethyl adjacent to an activating group) is 2. The number of hydrogen-bond donors (Lipinski definition) is 0. The Morgan fingerprint density at radius 2 is 0.971 bits per heavy atom. The molecule has 34 heavy (non-hydrogen) atoms. The van der Waals surface area contributed by atoms with Gasteiger partial charge in [-0.1, -0.05) is 0 Å². The molecule has 8 heteroatoms. The second-order valence-corrected chi connectivity index (χ2v) is 10.9. The van der Waals surface area contributed by atoms with E-state index in [1.807, 2.05) is 14.2 Å². The van der Waals surface area contributed by atoms with E-state index in [1.54, 1.807) is 11.4 Å². The van der Waals surface area contributed by atoms with E-state index in [9.17, 15) is 0 Å². The first-order valence-corrected chi connectivity index (χ1v) is 13.6. The number of rotatable bonds is 12. The lowest BCUT2D eigenvalue weighted by Crippen LogP contribution is -2.60. The summed E-state index contributed by atoms with van der Waals surface area (Å²) < 4.78 is 10.8. The number of piperazine rings is 2. The quantitative estimate of drug-likeness (QED) is 0.378. The summed E-state index contributed by atoms with van der Waals surface area (Å²) in [5, 5.41) is 0. The van der Waals surface area contributed by atoms with E-state index in [2.05, 4.69) is 43.5 Å². The van der Waals surface area contributed by atoms with Crippen molar-refractivity contribution in [3.05, 3.63) is 11.4 Å². The van der Waals surface area contributed by atoms with E-state index in [-0.39, 0.29) is 0 Å². The molecule has 3 aliphatic heterocycles. The van der Waals surface area contributed by atoms with Crippen LogP contribution in [0.15, 0.2) is 11.4 Å². The SMILES string of the molecule is COCCCN1CCN(CCCOC)C2=C1C(CN1CCN(C)CC1)C2CN1CCN(C)CC1. The highest BCUT2D eigenvalue weighted by Gasteiger charge is 2.48. The van der Waals surface area contributed by atoms with Crippen LogP contribution in [0.5, 0.6) is 0 Å². The summed E-state index contributed by atoms with van der Waals surface area (Å²) in [7, 11) is 8.16. The van der Waals surface area contributed by atoms with E-state index in [1.165, 1.54) is 65.4 Å². The monoisotopic (exact) mass is 478 g/mol. The van der Waals surface area contributed by atoms with E-state index < -0.39 is 0 Å². The van der Waals surface area contributed by atoms with Crippen LogP contribution in [0.3, 0.4) is 0 Å². The van der Waals surface area contributed by atoms with Crippen LogP contribution in [0.2, 0.25) is 0 Å². The Balaban J connectivity index is 1.52. The maximum Gasteiger partial charge on any atom is 0.0479 e. The van der Waals surface area contributed by atoms with Crippen molar-refractivity contribution < 1.29 is 9.47 Å². The predicted molar refractivity (Wildman–Crippen MR) is 138 cm³/mol. The third kappa shape index (κ3) is 6.45. The standard InChI is InChI=1S/C26H50N6O2/c1-27-9-13-29(14-10-27)21-23-24(22-30-15-11-28(2)12-16-30)26-25(23)31(7-5-19-33-3)17-18-32(26)8-6-20-34-4/h23-24H,5-22H2,1-4H3. The van der Waals surface area contributed by atoms with Gasteiger partial charge in [-0.3, -0.25) is 0 Å². The minimum atomic E-state index is 0.658. The Morgan fingerprint density at radius 1 is 0.588 bits per heavy atom. The summed E-state index contributed by atoms with van der Waals surface area (Å²) in [6, 6.07) is 0. The van der Waals surface area contributed by atoms with Crippen LogP contribution in [0.4, 0.5) is 0 Å². The Hall–Kier alpha value is -0.900. The topological polar surface area (TPSA) is 37.9 Å². The largest absolute Gasteiger partial charge is 0.385 e. The third-order valence-electron chi connectivity index (χ3n) is 8.43. The van der Waals surface area contributed by atoms with Gasteiger partial charge in [-0.2, -0.15) is 0 Å². The number of hydrogen-bond acceptors (Lipinski definition) is 8. The van der Waals surface area contributed by atoms with Crippen molar-refractivity contribution in [1.82, 2.24) is 29.4 Å². The highest BCUT2D eigenvalue weighted by Crippen LogP contribution is 2.47. The van der Waals surface area contributed by atoms with Crippen LogP contribution in [-0.2, 0) is 9.47 Å². The number of nitrogens with zero attached hydrogens (tertiary/aromatic N) is 6. The molecular formula is C26H50N6O2. The summed E-state index contributed by atoms with van der Waals surface area (Å²) in [5.74, 6) is 1.32. The molecule has 0 bridgehead atoms. The predicted octanol–water partition coefficient (Wildman–Crippen LogP) is 0.629. The van der Waals surface area contributed by atoms with Gasteiger partial charge in [-0.05, 0) is 26.9 Å². The van der Waals surface area contributed by atoms with Gasteiger partial charge >= 0.3 is 0 Å². The lowest BCUT2D eigenvalue weighted by atomic mass is 9.71. The molecule has 0 aromatic rings. The molecule has 0 spiro atoms. The molecule has 1 aliphatic carbocycles. The Morgan fingerprint density at radius 3 is 1.32 bits per heavy atom. The molecule has 2 fully saturated rings. The van der Waals surface area contributed by atoms with Crippen molar-refractivity contribution in [3.63, 3.8) is 0 Å². The van der Waals surface area contributed by atoms with Gasteiger partial charge < -0.3 is 38.9 Å². The van der Waals surface area contributed by atoms with Crippen molar-refractivity contribution in [1.29, 1.82) is 0 Å². The molecule has 8 nitrogen and oxygen atoms in total. The zero-order valence-electron chi connectivity index (χ0n) is 22.4. The van der Waals surface area contributed by atoms with Gasteiger partial charge in [-0.15, -0.1) is 0 Å². The molecule has 4 rings (SSSR count). The molecule has 3 heterocycles. The van der Waals surface area contributed by atoms with Gasteiger partial charge in [0, 0.05) is 142 Å². The molecule has 196 valence electrons. The maximum atomic E-state index is 5.40. The van der Waals surface area contributed by atoms with Crippen LogP contribution in [0, 0.1) is 11.8 Å². The molecule has 0 aromatic heterocycles. The fraction of sp³-hybridized carbons (Fsp3) is 0.923. The first-order chi connectivity index (χ1) is 16.6. The molecule has 0 N–H and O–H groups in total. The van der Waals surface area contributed by atoms with Crippen LogP contribution in [-0.4, -0.2) is 163 Å². The van der Waals surface area contributed by atoms with Crippen molar-refractivity contribution in [2.45, 2.75) is 12.8 Å². The van der Waals surface area contributed by atoms with Crippen molar-refractivity contribution in [2.75, 3.05) is 133 Å². The summed E-state index contributed by atoms with van der Waals surface area (Å²) in [5.41, 5.74) is 3.33. The molecular weight excluding hydrogens is 428 g/mol. The van der Waals surface area contributed by atoms with Crippen molar-refractivity contribution in [3.8, 4) is 0 Å². The first-order valence-electron chi connectivity index (χ1n) is 13.6. The lowest BCUT2D eigenvalue weighted by Gasteiger charge is -2.56. The summed E-state index contributed by atoms with van der Waals surface area (Å²) in [4.78, 5) is 15.9. The number of ether oxygens (including phenoxy) is 2. The summed E-state index contributed by atoms with van der Waals surface area (Å²) >= 11 is 0. The number of methoxy groups -OCH3 is 2. The van der Waals surface area contributed by atoms with Crippen LogP contribution in [0.1, 0.15) is 12.8 Å². The smallest absolute Gasteiger partial charge is 0.0479 e. The van der Waals surface area contributed by atoms with Gasteiger partial charge in [0.05, 0.1) is 0 Å². The second-order valence-electron chi connectivity index (χ2n) is 10.9. The highest BCUT2D eigenvalue weighted by molar-refractivity contribution is 5.34. The fourth-order valence-corrected chi connectivity index (χ4v) is 6.25. The molecule has 2 saturated heterocycles. The van der Waals surface area contributed by atoms with Crippen LogP contribution in [0.25, 0.3) is 0 Å². The van der Waals surface area contributed by atoms with Gasteiger partial charge in [0.15, 0.2) is 0 Å². The molecule has 0 radical (unpaired) electrons. The molecule has 2 atom stereocenters. The van der Waals surface area contributed by atoms with E-state index in [0.29, 0.717) is 11.8 Å². The minimum Gasteiger partial charge on any atom is -0.385 e. The van der Waals surface area contributed by atoms with Crippen molar-refractivity contribution in [2.24, 2.45) is 11.8 Å². The van der Waals surface area contributed by atoms with Crippen LogP contribution < -0.4 is 0 Å². The third-order valence-corrected chi connectivity index (χ3v) is 8.43. The van der Waals surface area contributed by atoms with Gasteiger partial charge in [0.1, 0.15) is 0 Å². The van der Waals surface area contributed by atoms with Crippen molar-refractivity contribution >= 4 is 0 Å². The molecule has 0 amide bonds. The maximum absolute atomic E-state index is 5.40. The first kappa shape index (κ1) is 26.2. The highest BCUT2D eigenvalue weighted by atomic mass is 16.5. The lowest BCUT2D eigenvalue weighted by molar-refractivity contribution is 0.0383. The van der Waals surface area contributed by atoms with E-state index in [0.717, 1.165) is 52.2 Å². The average molecular weight is 479 g/mol. The van der Waals surface area contributed by atoms with Gasteiger partial charge in [-0.25, -0.2) is 0 Å². The second kappa shape index (κ2) is 12.9. The zero-order valence-corrected chi connectivity index (χ0v) is 22.4. The fourth-order valence-electron chi connectivity index (χ4n) is 6.25. The zero-order chi connectivity index (χ0) is 23.9. The summed E-state index contributed by atoms with van der Waals surface area (Å²) in [6.07, 6.45) is 2.22. The normalized spacial score (nSPS) is 27.9. The molecule has 2 unspecified atom stereocenters. The Bertz CT molecular complexity index is 591. The van der Waals surface area contributed by atoms with Crippen LogP contribution >= 0.6 is 0 Å². The Kier molecular flexibility index (Phi) is 9.91.